The maximum Gasteiger partial charge on any atom is 0.220 e. The Labute approximate surface area is 477 Å². The van der Waals surface area contributed by atoms with E-state index in [1.54, 1.807) is 6.08 Å². The summed E-state index contributed by atoms with van der Waals surface area (Å²) in [6.45, 7) is 1.59. The molecule has 19 nitrogen and oxygen atoms in total. The van der Waals surface area contributed by atoms with Crippen LogP contribution in [-0.2, 0) is 33.2 Å². The highest BCUT2D eigenvalue weighted by molar-refractivity contribution is 5.76. The van der Waals surface area contributed by atoms with Gasteiger partial charge in [0.05, 0.1) is 38.6 Å². The highest BCUT2D eigenvalue weighted by atomic mass is 16.8. The van der Waals surface area contributed by atoms with Gasteiger partial charge in [-0.3, -0.25) is 4.79 Å². The zero-order valence-electron chi connectivity index (χ0n) is 48.3. The van der Waals surface area contributed by atoms with Gasteiger partial charge < -0.3 is 89.9 Å². The Kier molecular flexibility index (Phi) is 39.5. The number of hydrogen-bond donors (Lipinski definition) is 12. The number of rotatable bonds is 44. The average Bonchev–Trinajstić information content (AvgIpc) is 3.50. The predicted molar refractivity (Wildman–Crippen MR) is 305 cm³/mol. The summed E-state index contributed by atoms with van der Waals surface area (Å²) in [5, 5.41) is 120. The first-order valence-electron chi connectivity index (χ1n) is 30.5. The quantitative estimate of drug-likeness (QED) is 0.0259. The number of unbranched alkanes of at least 4 members (excludes halogenated alkanes) is 20. The van der Waals surface area contributed by atoms with Crippen LogP contribution in [0.15, 0.2) is 60.8 Å². The normalized spacial score (nSPS) is 30.4. The molecule has 0 aliphatic carbocycles. The van der Waals surface area contributed by atoms with E-state index in [4.69, 9.17) is 28.4 Å². The van der Waals surface area contributed by atoms with Crippen LogP contribution in [0.3, 0.4) is 0 Å². The first-order valence-corrected chi connectivity index (χ1v) is 30.5. The molecule has 3 aliphatic heterocycles. The lowest BCUT2D eigenvalue weighted by Gasteiger charge is -2.48. The Bertz CT molecular complexity index is 1700. The molecule has 0 aromatic heterocycles. The Morgan fingerprint density at radius 1 is 0.463 bits per heavy atom. The van der Waals surface area contributed by atoms with Crippen LogP contribution in [0.1, 0.15) is 187 Å². The van der Waals surface area contributed by atoms with E-state index in [2.05, 4.69) is 67.8 Å². The Morgan fingerprint density at radius 3 is 1.35 bits per heavy atom. The summed E-state index contributed by atoms with van der Waals surface area (Å²) < 4.78 is 34.2. The van der Waals surface area contributed by atoms with Gasteiger partial charge in [-0.05, 0) is 57.8 Å². The minimum atomic E-state index is -1.98. The van der Waals surface area contributed by atoms with Gasteiger partial charge in [0.15, 0.2) is 18.9 Å². The van der Waals surface area contributed by atoms with Crippen molar-refractivity contribution in [1.29, 1.82) is 0 Å². The molecule has 17 atom stereocenters. The number of amides is 1. The second-order valence-electron chi connectivity index (χ2n) is 21.8. The molecule has 0 radical (unpaired) electrons. The van der Waals surface area contributed by atoms with Crippen molar-refractivity contribution >= 4 is 5.91 Å². The van der Waals surface area contributed by atoms with Crippen molar-refractivity contribution in [2.45, 2.75) is 291 Å². The van der Waals surface area contributed by atoms with Crippen molar-refractivity contribution in [3.8, 4) is 0 Å². The third-order valence-corrected chi connectivity index (χ3v) is 15.1. The summed E-state index contributed by atoms with van der Waals surface area (Å²) in [6.07, 6.45) is 23.3. The number of nitrogens with one attached hydrogen (secondary N) is 1. The SMILES string of the molecule is CC/C=C\C/C=C\C/C=C\C/C=C\CCCCCCCCC(=O)NC(COC1OC(CO)C(OC2OC(CO)C(OC3OC(CO)C(O)C(O)C3O)C(O)C2O)C(O)C1O)C(O)/C=C/CCCCCCCCCCCCCCCC. The molecule has 12 N–H and O–H groups in total. The van der Waals surface area contributed by atoms with E-state index in [1.165, 1.54) is 70.6 Å². The second kappa shape index (κ2) is 44.0. The highest BCUT2D eigenvalue weighted by Crippen LogP contribution is 2.33. The third kappa shape index (κ3) is 27.5. The van der Waals surface area contributed by atoms with E-state index in [-0.39, 0.29) is 18.9 Å². The highest BCUT2D eigenvalue weighted by Gasteiger charge is 2.53. The molecule has 0 saturated carbocycles. The third-order valence-electron chi connectivity index (χ3n) is 15.1. The molecular weight excluding hydrogens is 1030 g/mol. The van der Waals surface area contributed by atoms with E-state index in [0.29, 0.717) is 6.42 Å². The maximum absolute atomic E-state index is 13.3. The molecule has 80 heavy (non-hydrogen) atoms. The Hall–Kier alpha value is -2.51. The molecule has 3 rings (SSSR count). The second-order valence-corrected chi connectivity index (χ2v) is 21.8. The summed E-state index contributed by atoms with van der Waals surface area (Å²) in [5.41, 5.74) is 0. The van der Waals surface area contributed by atoms with Gasteiger partial charge in [-0.2, -0.15) is 0 Å². The van der Waals surface area contributed by atoms with Crippen LogP contribution in [-0.4, -0.2) is 193 Å². The van der Waals surface area contributed by atoms with Crippen LogP contribution in [0, 0.1) is 0 Å². The number of carbonyl (C=O) groups excluding carboxylic acids is 1. The van der Waals surface area contributed by atoms with Crippen molar-refractivity contribution in [2.24, 2.45) is 0 Å². The van der Waals surface area contributed by atoms with Crippen LogP contribution >= 0.6 is 0 Å². The van der Waals surface area contributed by atoms with E-state index in [0.717, 1.165) is 89.9 Å². The molecule has 0 spiro atoms. The fourth-order valence-corrected chi connectivity index (χ4v) is 10.1. The Morgan fingerprint density at radius 2 is 0.863 bits per heavy atom. The van der Waals surface area contributed by atoms with Gasteiger partial charge in [-0.15, -0.1) is 0 Å². The van der Waals surface area contributed by atoms with Gasteiger partial charge in [0.2, 0.25) is 5.91 Å². The van der Waals surface area contributed by atoms with Gasteiger partial charge in [-0.1, -0.05) is 184 Å². The number of carbonyl (C=O) groups is 1. The van der Waals surface area contributed by atoms with E-state index >= 15 is 0 Å². The molecule has 0 bridgehead atoms. The summed E-state index contributed by atoms with van der Waals surface area (Å²) in [6, 6.07) is -0.983. The fraction of sp³-hybridized carbons (Fsp3) is 0.820. The smallest absolute Gasteiger partial charge is 0.220 e. The van der Waals surface area contributed by atoms with Gasteiger partial charge in [0, 0.05) is 6.42 Å². The molecule has 464 valence electrons. The lowest BCUT2D eigenvalue weighted by atomic mass is 9.96. The molecule has 17 unspecified atom stereocenters. The molecule has 1 amide bonds. The molecule has 0 aromatic carbocycles. The topological polar surface area (TPSA) is 307 Å². The van der Waals surface area contributed by atoms with E-state index < -0.39 is 124 Å². The molecule has 3 heterocycles. The maximum atomic E-state index is 13.3. The van der Waals surface area contributed by atoms with Gasteiger partial charge >= 0.3 is 0 Å². The van der Waals surface area contributed by atoms with Crippen LogP contribution in [0.4, 0.5) is 0 Å². The zero-order chi connectivity index (χ0) is 58.3. The monoisotopic (exact) mass is 1140 g/mol. The van der Waals surface area contributed by atoms with Gasteiger partial charge in [-0.25, -0.2) is 0 Å². The van der Waals surface area contributed by atoms with Crippen LogP contribution < -0.4 is 5.32 Å². The lowest BCUT2D eigenvalue weighted by Crippen LogP contribution is -2.66. The largest absolute Gasteiger partial charge is 0.394 e. The number of allylic oxidation sites excluding steroid dienone is 9. The average molecular weight is 1140 g/mol. The number of hydrogen-bond acceptors (Lipinski definition) is 18. The molecule has 19 heteroatoms. The van der Waals surface area contributed by atoms with Crippen molar-refractivity contribution in [3.05, 3.63) is 60.8 Å². The number of ether oxygens (including phenoxy) is 6. The first-order chi connectivity index (χ1) is 38.8. The van der Waals surface area contributed by atoms with Crippen molar-refractivity contribution < 1.29 is 89.4 Å². The summed E-state index contributed by atoms with van der Waals surface area (Å²) in [7, 11) is 0. The molecule has 3 fully saturated rings. The van der Waals surface area contributed by atoms with Crippen molar-refractivity contribution in [3.63, 3.8) is 0 Å². The number of aliphatic hydroxyl groups is 11. The van der Waals surface area contributed by atoms with Crippen LogP contribution in [0.2, 0.25) is 0 Å². The lowest BCUT2D eigenvalue weighted by molar-refractivity contribution is -0.379. The molecule has 3 saturated heterocycles. The minimum absolute atomic E-state index is 0.225. The Balaban J connectivity index is 1.51. The van der Waals surface area contributed by atoms with Crippen molar-refractivity contribution in [2.75, 3.05) is 26.4 Å². The summed E-state index contributed by atoms with van der Waals surface area (Å²) in [5.74, 6) is -0.292. The van der Waals surface area contributed by atoms with Gasteiger partial charge in [0.1, 0.15) is 73.2 Å². The molecular formula is C61H107NO18. The first kappa shape index (κ1) is 71.8. The summed E-state index contributed by atoms with van der Waals surface area (Å²) >= 11 is 0. The predicted octanol–water partition coefficient (Wildman–Crippen LogP) is 5.65. The number of aliphatic hydroxyl groups excluding tert-OH is 11. The fourth-order valence-electron chi connectivity index (χ4n) is 10.1. The summed E-state index contributed by atoms with van der Waals surface area (Å²) in [4.78, 5) is 13.3. The zero-order valence-corrected chi connectivity index (χ0v) is 48.3. The molecule has 0 aromatic rings. The van der Waals surface area contributed by atoms with Crippen molar-refractivity contribution in [1.82, 2.24) is 5.32 Å². The van der Waals surface area contributed by atoms with Crippen LogP contribution in [0.5, 0.6) is 0 Å². The van der Waals surface area contributed by atoms with Gasteiger partial charge in [0.25, 0.3) is 0 Å². The molecule has 3 aliphatic rings. The standard InChI is InChI=1S/C61H107NO18/c1-3-5-7-9-11-13-15-17-19-21-22-23-25-27-29-31-33-35-37-39-49(67)62-44(45(66)38-36-34-32-30-28-26-24-20-18-16-14-12-10-8-6-4-2)43-75-59-55(73)52(70)57(47(41-64)77-59)80-61-56(74)53(71)58(48(42-65)78-61)79-60-54(72)51(69)50(68)46(40-63)76-60/h5,7,11,13,17,19,22-23,36,38,44-48,50-61,63-66,68-74H,3-4,6,8-10,12,14-16,18,20-21,24-35,37,39-43H2,1-2H3,(H,62,67)/b7-5-,13-11-,19-17-,23-22-,38-36+. The minimum Gasteiger partial charge on any atom is -0.394 e. The van der Waals surface area contributed by atoms with E-state index in [1.807, 2.05) is 6.08 Å². The van der Waals surface area contributed by atoms with E-state index in [9.17, 15) is 61.0 Å². The van der Waals surface area contributed by atoms with Crippen LogP contribution in [0.25, 0.3) is 0 Å².